The molecule has 2 aromatic rings. The standard InChI is InChI=1S/C14H19N3O2/c1-3-16(7-8-18)10-12-9-13(19)17-6-4-5-11(2)14(17)15-12/h4-6,9,18H,3,7-8,10H2,1-2H3. The molecule has 0 fully saturated rings. The average molecular weight is 261 g/mol. The summed E-state index contributed by atoms with van der Waals surface area (Å²) in [6, 6.07) is 5.35. The van der Waals surface area contributed by atoms with Crippen molar-refractivity contribution < 1.29 is 5.11 Å². The number of hydrogen-bond donors (Lipinski definition) is 1. The first kappa shape index (κ1) is 13.7. The average Bonchev–Trinajstić information content (AvgIpc) is 2.39. The molecule has 0 bridgehead atoms. The fourth-order valence-corrected chi connectivity index (χ4v) is 2.11. The number of pyridine rings is 1. The van der Waals surface area contributed by atoms with Crippen LogP contribution in [0.2, 0.25) is 0 Å². The van der Waals surface area contributed by atoms with Gasteiger partial charge >= 0.3 is 0 Å². The second kappa shape index (κ2) is 5.95. The number of aliphatic hydroxyl groups is 1. The molecule has 0 spiro atoms. The largest absolute Gasteiger partial charge is 0.395 e. The van der Waals surface area contributed by atoms with Crippen molar-refractivity contribution in [2.45, 2.75) is 20.4 Å². The van der Waals surface area contributed by atoms with Gasteiger partial charge in [0, 0.05) is 25.4 Å². The van der Waals surface area contributed by atoms with Crippen molar-refractivity contribution in [2.24, 2.45) is 0 Å². The van der Waals surface area contributed by atoms with Gasteiger partial charge in [0.05, 0.1) is 12.3 Å². The van der Waals surface area contributed by atoms with Crippen LogP contribution in [0.3, 0.4) is 0 Å². The van der Waals surface area contributed by atoms with Gasteiger partial charge in [-0.15, -0.1) is 0 Å². The van der Waals surface area contributed by atoms with Crippen molar-refractivity contribution in [3.63, 3.8) is 0 Å². The van der Waals surface area contributed by atoms with E-state index >= 15 is 0 Å². The number of aromatic nitrogens is 2. The minimum absolute atomic E-state index is 0.0660. The van der Waals surface area contributed by atoms with E-state index in [0.717, 1.165) is 17.8 Å². The summed E-state index contributed by atoms with van der Waals surface area (Å²) >= 11 is 0. The molecule has 0 aliphatic rings. The van der Waals surface area contributed by atoms with Gasteiger partial charge in [-0.1, -0.05) is 13.0 Å². The summed E-state index contributed by atoms with van der Waals surface area (Å²) < 4.78 is 1.56. The van der Waals surface area contributed by atoms with Crippen molar-refractivity contribution in [1.82, 2.24) is 14.3 Å². The third kappa shape index (κ3) is 3.00. The number of nitrogens with zero attached hydrogens (tertiary/aromatic N) is 3. The molecule has 0 aliphatic carbocycles. The van der Waals surface area contributed by atoms with Crippen LogP contribution in [0.25, 0.3) is 5.65 Å². The Hall–Kier alpha value is -1.72. The Morgan fingerprint density at radius 2 is 2.26 bits per heavy atom. The normalized spacial score (nSPS) is 11.4. The molecular weight excluding hydrogens is 242 g/mol. The number of hydrogen-bond acceptors (Lipinski definition) is 4. The maximum atomic E-state index is 12.0. The predicted molar refractivity (Wildman–Crippen MR) is 74.2 cm³/mol. The molecule has 19 heavy (non-hydrogen) atoms. The van der Waals surface area contributed by atoms with Crippen molar-refractivity contribution in [1.29, 1.82) is 0 Å². The third-order valence-electron chi connectivity index (χ3n) is 3.19. The van der Waals surface area contributed by atoms with E-state index in [1.54, 1.807) is 16.7 Å². The summed E-state index contributed by atoms with van der Waals surface area (Å²) in [5, 5.41) is 8.99. The van der Waals surface area contributed by atoms with E-state index in [2.05, 4.69) is 9.88 Å². The van der Waals surface area contributed by atoms with Crippen LogP contribution in [-0.4, -0.2) is 39.1 Å². The first-order valence-corrected chi connectivity index (χ1v) is 6.47. The first-order valence-electron chi connectivity index (χ1n) is 6.47. The quantitative estimate of drug-likeness (QED) is 0.865. The van der Waals surface area contributed by atoms with Crippen LogP contribution in [0.4, 0.5) is 0 Å². The Bertz CT molecular complexity index is 622. The maximum Gasteiger partial charge on any atom is 0.258 e. The van der Waals surface area contributed by atoms with Crippen molar-refractivity contribution in [3.8, 4) is 0 Å². The second-order valence-electron chi connectivity index (χ2n) is 4.56. The maximum absolute atomic E-state index is 12.0. The predicted octanol–water partition coefficient (Wildman–Crippen LogP) is 0.817. The molecular formula is C14H19N3O2. The fraction of sp³-hybridized carbons (Fsp3) is 0.429. The highest BCUT2D eigenvalue weighted by Crippen LogP contribution is 2.07. The van der Waals surface area contributed by atoms with Gasteiger partial charge in [-0.05, 0) is 25.1 Å². The fourth-order valence-electron chi connectivity index (χ4n) is 2.11. The molecule has 0 saturated carbocycles. The van der Waals surface area contributed by atoms with Gasteiger partial charge in [0.25, 0.3) is 5.56 Å². The molecule has 0 aromatic carbocycles. The van der Waals surface area contributed by atoms with Crippen LogP contribution < -0.4 is 5.56 Å². The first-order chi connectivity index (χ1) is 9.15. The van der Waals surface area contributed by atoms with Crippen LogP contribution in [0, 0.1) is 6.92 Å². The van der Waals surface area contributed by atoms with Crippen LogP contribution in [-0.2, 0) is 6.54 Å². The molecule has 0 atom stereocenters. The Kier molecular flexibility index (Phi) is 4.29. The highest BCUT2D eigenvalue weighted by atomic mass is 16.3. The van der Waals surface area contributed by atoms with Crippen LogP contribution in [0.1, 0.15) is 18.2 Å². The van der Waals surface area contributed by atoms with E-state index in [0.29, 0.717) is 18.7 Å². The number of likely N-dealkylation sites (N-methyl/N-ethyl adjacent to an activating group) is 1. The van der Waals surface area contributed by atoms with E-state index < -0.39 is 0 Å². The van der Waals surface area contributed by atoms with Crippen molar-refractivity contribution >= 4 is 5.65 Å². The molecule has 1 N–H and O–H groups in total. The lowest BCUT2D eigenvalue weighted by Crippen LogP contribution is -2.28. The Balaban J connectivity index is 2.40. The molecule has 0 unspecified atom stereocenters. The lowest BCUT2D eigenvalue weighted by molar-refractivity contribution is 0.195. The zero-order valence-corrected chi connectivity index (χ0v) is 11.3. The van der Waals surface area contributed by atoms with Gasteiger partial charge in [0.1, 0.15) is 5.65 Å². The molecule has 2 heterocycles. The molecule has 5 nitrogen and oxygen atoms in total. The number of aliphatic hydroxyl groups excluding tert-OH is 1. The summed E-state index contributed by atoms with van der Waals surface area (Å²) in [4.78, 5) is 18.6. The van der Waals surface area contributed by atoms with Gasteiger partial charge in [0.15, 0.2) is 0 Å². The minimum atomic E-state index is -0.0660. The smallest absolute Gasteiger partial charge is 0.258 e. The number of aryl methyl sites for hydroxylation is 1. The van der Waals surface area contributed by atoms with Crippen LogP contribution in [0.15, 0.2) is 29.2 Å². The topological polar surface area (TPSA) is 57.8 Å². The van der Waals surface area contributed by atoms with Crippen LogP contribution in [0.5, 0.6) is 0 Å². The molecule has 0 radical (unpaired) electrons. The van der Waals surface area contributed by atoms with Gasteiger partial charge < -0.3 is 5.11 Å². The summed E-state index contributed by atoms with van der Waals surface area (Å²) in [6.07, 6.45) is 1.73. The summed E-state index contributed by atoms with van der Waals surface area (Å²) in [7, 11) is 0. The SMILES string of the molecule is CCN(CCO)Cc1cc(=O)n2cccc(C)c2n1. The zero-order valence-electron chi connectivity index (χ0n) is 11.3. The summed E-state index contributed by atoms with van der Waals surface area (Å²) in [5.41, 5.74) is 2.36. The lowest BCUT2D eigenvalue weighted by atomic mass is 10.2. The third-order valence-corrected chi connectivity index (χ3v) is 3.19. The van der Waals surface area contributed by atoms with Crippen molar-refractivity contribution in [3.05, 3.63) is 46.0 Å². The van der Waals surface area contributed by atoms with Crippen LogP contribution >= 0.6 is 0 Å². The molecule has 0 saturated heterocycles. The Morgan fingerprint density at radius 3 is 2.95 bits per heavy atom. The lowest BCUT2D eigenvalue weighted by Gasteiger charge is -2.18. The molecule has 2 aromatic heterocycles. The molecule has 102 valence electrons. The van der Waals surface area contributed by atoms with Gasteiger partial charge in [-0.3, -0.25) is 14.1 Å². The minimum Gasteiger partial charge on any atom is -0.395 e. The highest BCUT2D eigenvalue weighted by molar-refractivity contribution is 5.46. The molecule has 5 heteroatoms. The van der Waals surface area contributed by atoms with E-state index in [1.165, 1.54) is 0 Å². The summed E-state index contributed by atoms with van der Waals surface area (Å²) in [6.45, 7) is 6.06. The highest BCUT2D eigenvalue weighted by Gasteiger charge is 2.08. The number of fused-ring (bicyclic) bond motifs is 1. The summed E-state index contributed by atoms with van der Waals surface area (Å²) in [5.74, 6) is 0. The van der Waals surface area contributed by atoms with E-state index in [4.69, 9.17) is 5.11 Å². The van der Waals surface area contributed by atoms with Crippen molar-refractivity contribution in [2.75, 3.05) is 19.7 Å². The Morgan fingerprint density at radius 1 is 1.47 bits per heavy atom. The van der Waals surface area contributed by atoms with Gasteiger partial charge in [-0.2, -0.15) is 0 Å². The van der Waals surface area contributed by atoms with E-state index in [-0.39, 0.29) is 12.2 Å². The van der Waals surface area contributed by atoms with E-state index in [9.17, 15) is 4.79 Å². The monoisotopic (exact) mass is 261 g/mol. The molecule has 0 amide bonds. The molecule has 2 rings (SSSR count). The van der Waals surface area contributed by atoms with Gasteiger partial charge in [-0.25, -0.2) is 4.98 Å². The van der Waals surface area contributed by atoms with Gasteiger partial charge in [0.2, 0.25) is 0 Å². The number of rotatable bonds is 5. The second-order valence-corrected chi connectivity index (χ2v) is 4.56. The van der Waals surface area contributed by atoms with E-state index in [1.807, 2.05) is 26.0 Å². The zero-order chi connectivity index (χ0) is 13.8. The Labute approximate surface area is 112 Å². The molecule has 0 aliphatic heterocycles.